The normalized spacial score (nSPS) is 22.5. The zero-order valence-corrected chi connectivity index (χ0v) is 11.0. The van der Waals surface area contributed by atoms with Gasteiger partial charge in [0.1, 0.15) is 0 Å². The molecule has 2 nitrogen and oxygen atoms in total. The molecule has 0 amide bonds. The number of aryl methyl sites for hydroxylation is 1. The van der Waals surface area contributed by atoms with Crippen LogP contribution in [-0.4, -0.2) is 19.3 Å². The van der Waals surface area contributed by atoms with E-state index in [1.54, 1.807) is 0 Å². The molecule has 0 aliphatic carbocycles. The topological polar surface area (TPSA) is 21.3 Å². The quantitative estimate of drug-likeness (QED) is 0.851. The second-order valence-electron chi connectivity index (χ2n) is 4.55. The molecule has 2 heterocycles. The minimum Gasteiger partial charge on any atom is -0.378 e. The van der Waals surface area contributed by atoms with Crippen molar-refractivity contribution in [2.75, 3.05) is 13.2 Å². The number of ether oxygens (including phenoxy) is 1. The first-order chi connectivity index (χ1) is 7.75. The van der Waals surface area contributed by atoms with Crippen LogP contribution >= 0.6 is 11.3 Å². The van der Waals surface area contributed by atoms with Crippen molar-refractivity contribution < 1.29 is 4.74 Å². The third-order valence-corrected chi connectivity index (χ3v) is 4.31. The lowest BCUT2D eigenvalue weighted by atomic mass is 10.2. The van der Waals surface area contributed by atoms with Gasteiger partial charge in [-0.3, -0.25) is 0 Å². The monoisotopic (exact) mass is 239 g/mol. The SMILES string of the molecule is Cc1ccc(C(C)NCCC2CCCO2)s1. The van der Waals surface area contributed by atoms with Crippen LogP contribution in [0.15, 0.2) is 12.1 Å². The molecule has 2 rings (SSSR count). The van der Waals surface area contributed by atoms with Gasteiger partial charge in [-0.1, -0.05) is 0 Å². The molecule has 0 aromatic carbocycles. The maximum absolute atomic E-state index is 5.61. The molecule has 2 unspecified atom stereocenters. The Morgan fingerprint density at radius 3 is 3.06 bits per heavy atom. The van der Waals surface area contributed by atoms with Crippen LogP contribution in [0.3, 0.4) is 0 Å². The van der Waals surface area contributed by atoms with Crippen LogP contribution in [0.25, 0.3) is 0 Å². The molecule has 3 heteroatoms. The van der Waals surface area contributed by atoms with Crippen molar-refractivity contribution in [3.05, 3.63) is 21.9 Å². The highest BCUT2D eigenvalue weighted by Crippen LogP contribution is 2.22. The van der Waals surface area contributed by atoms with Gasteiger partial charge in [0.2, 0.25) is 0 Å². The number of thiophene rings is 1. The molecule has 1 saturated heterocycles. The third kappa shape index (κ3) is 3.30. The van der Waals surface area contributed by atoms with Crippen LogP contribution in [0.2, 0.25) is 0 Å². The van der Waals surface area contributed by atoms with Crippen LogP contribution in [-0.2, 0) is 4.74 Å². The van der Waals surface area contributed by atoms with Crippen LogP contribution in [0.5, 0.6) is 0 Å². The molecule has 0 radical (unpaired) electrons. The first-order valence-corrected chi connectivity index (χ1v) is 6.98. The summed E-state index contributed by atoms with van der Waals surface area (Å²) in [7, 11) is 0. The Bertz CT molecular complexity index is 317. The summed E-state index contributed by atoms with van der Waals surface area (Å²) in [4.78, 5) is 2.83. The Morgan fingerprint density at radius 2 is 2.44 bits per heavy atom. The average Bonchev–Trinajstić information content (AvgIpc) is 2.89. The van der Waals surface area contributed by atoms with Crippen molar-refractivity contribution >= 4 is 11.3 Å². The minimum atomic E-state index is 0.472. The lowest BCUT2D eigenvalue weighted by Crippen LogP contribution is -2.22. The zero-order chi connectivity index (χ0) is 11.4. The second kappa shape index (κ2) is 5.80. The van der Waals surface area contributed by atoms with Gasteiger partial charge in [0, 0.05) is 22.4 Å². The first kappa shape index (κ1) is 12.1. The molecule has 1 fully saturated rings. The van der Waals surface area contributed by atoms with Gasteiger partial charge >= 0.3 is 0 Å². The van der Waals surface area contributed by atoms with E-state index in [1.165, 1.54) is 22.6 Å². The molecule has 0 spiro atoms. The Balaban J connectivity index is 1.69. The van der Waals surface area contributed by atoms with Crippen LogP contribution in [0.4, 0.5) is 0 Å². The van der Waals surface area contributed by atoms with Gasteiger partial charge in [0.25, 0.3) is 0 Å². The molecule has 1 aliphatic heterocycles. The summed E-state index contributed by atoms with van der Waals surface area (Å²) in [6.07, 6.45) is 4.14. The Kier molecular flexibility index (Phi) is 4.38. The largest absolute Gasteiger partial charge is 0.378 e. The van der Waals surface area contributed by atoms with Gasteiger partial charge in [-0.2, -0.15) is 0 Å². The summed E-state index contributed by atoms with van der Waals surface area (Å²) in [6.45, 7) is 6.42. The van der Waals surface area contributed by atoms with E-state index in [4.69, 9.17) is 4.74 Å². The molecule has 1 aromatic rings. The summed E-state index contributed by atoms with van der Waals surface area (Å²) in [5, 5.41) is 3.57. The van der Waals surface area contributed by atoms with Crippen molar-refractivity contribution in [2.24, 2.45) is 0 Å². The molecule has 2 atom stereocenters. The van der Waals surface area contributed by atoms with Crippen LogP contribution < -0.4 is 5.32 Å². The van der Waals surface area contributed by atoms with Gasteiger partial charge in [-0.15, -0.1) is 11.3 Å². The van der Waals surface area contributed by atoms with Crippen molar-refractivity contribution in [2.45, 2.75) is 45.3 Å². The smallest absolute Gasteiger partial charge is 0.0588 e. The maximum atomic E-state index is 5.61. The fraction of sp³-hybridized carbons (Fsp3) is 0.692. The van der Waals surface area contributed by atoms with Gasteiger partial charge in [0.05, 0.1) is 6.10 Å². The number of hydrogen-bond donors (Lipinski definition) is 1. The van der Waals surface area contributed by atoms with E-state index in [2.05, 4.69) is 31.3 Å². The second-order valence-corrected chi connectivity index (χ2v) is 5.87. The van der Waals surface area contributed by atoms with E-state index in [0.29, 0.717) is 12.1 Å². The zero-order valence-electron chi connectivity index (χ0n) is 10.2. The number of rotatable bonds is 5. The molecular formula is C13H21NOS. The van der Waals surface area contributed by atoms with E-state index in [9.17, 15) is 0 Å². The Morgan fingerprint density at radius 1 is 1.56 bits per heavy atom. The van der Waals surface area contributed by atoms with E-state index in [-0.39, 0.29) is 0 Å². The molecule has 16 heavy (non-hydrogen) atoms. The Labute approximate surface area is 102 Å². The molecule has 0 saturated carbocycles. The van der Waals surface area contributed by atoms with Gasteiger partial charge in [0.15, 0.2) is 0 Å². The first-order valence-electron chi connectivity index (χ1n) is 6.17. The fourth-order valence-corrected chi connectivity index (χ4v) is 3.02. The van der Waals surface area contributed by atoms with Crippen molar-refractivity contribution in [1.82, 2.24) is 5.32 Å². The van der Waals surface area contributed by atoms with Crippen molar-refractivity contribution in [1.29, 1.82) is 0 Å². The van der Waals surface area contributed by atoms with Crippen molar-refractivity contribution in [3.63, 3.8) is 0 Å². The summed E-state index contributed by atoms with van der Waals surface area (Å²) in [5.41, 5.74) is 0. The summed E-state index contributed by atoms with van der Waals surface area (Å²) < 4.78 is 5.61. The highest BCUT2D eigenvalue weighted by atomic mass is 32.1. The van der Waals surface area contributed by atoms with E-state index >= 15 is 0 Å². The van der Waals surface area contributed by atoms with Crippen LogP contribution in [0.1, 0.15) is 42.0 Å². The summed E-state index contributed by atoms with van der Waals surface area (Å²) in [6, 6.07) is 4.89. The predicted octanol–water partition coefficient (Wildman–Crippen LogP) is 3.28. The number of nitrogens with one attached hydrogen (secondary N) is 1. The Hall–Kier alpha value is -0.380. The minimum absolute atomic E-state index is 0.472. The highest BCUT2D eigenvalue weighted by molar-refractivity contribution is 7.12. The summed E-state index contributed by atoms with van der Waals surface area (Å²) in [5.74, 6) is 0. The highest BCUT2D eigenvalue weighted by Gasteiger charge is 2.15. The molecule has 0 bridgehead atoms. The molecular weight excluding hydrogens is 218 g/mol. The van der Waals surface area contributed by atoms with E-state index in [1.807, 2.05) is 11.3 Å². The van der Waals surface area contributed by atoms with Gasteiger partial charge < -0.3 is 10.1 Å². The van der Waals surface area contributed by atoms with Gasteiger partial charge in [-0.05, 0) is 51.8 Å². The molecule has 1 aromatic heterocycles. The fourth-order valence-electron chi connectivity index (χ4n) is 2.12. The standard InChI is InChI=1S/C13H21NOS/c1-10-5-6-13(16-10)11(2)14-8-7-12-4-3-9-15-12/h5-6,11-12,14H,3-4,7-9H2,1-2H3. The predicted molar refractivity (Wildman–Crippen MR) is 69.1 cm³/mol. The van der Waals surface area contributed by atoms with Crippen molar-refractivity contribution in [3.8, 4) is 0 Å². The third-order valence-electron chi connectivity index (χ3n) is 3.13. The van der Waals surface area contributed by atoms with Gasteiger partial charge in [-0.25, -0.2) is 0 Å². The van der Waals surface area contributed by atoms with E-state index < -0.39 is 0 Å². The average molecular weight is 239 g/mol. The molecule has 1 N–H and O–H groups in total. The summed E-state index contributed by atoms with van der Waals surface area (Å²) >= 11 is 1.88. The lowest BCUT2D eigenvalue weighted by Gasteiger charge is -2.14. The van der Waals surface area contributed by atoms with E-state index in [0.717, 1.165) is 19.6 Å². The maximum Gasteiger partial charge on any atom is 0.0588 e. The molecule has 90 valence electrons. The number of hydrogen-bond acceptors (Lipinski definition) is 3. The molecule has 1 aliphatic rings. The van der Waals surface area contributed by atoms with Crippen LogP contribution in [0, 0.1) is 6.92 Å². The lowest BCUT2D eigenvalue weighted by molar-refractivity contribution is 0.103.